The molecule has 2 aromatic rings. The van der Waals surface area contributed by atoms with Gasteiger partial charge in [-0.15, -0.1) is 0 Å². The zero-order valence-corrected chi connectivity index (χ0v) is 11.4. The van der Waals surface area contributed by atoms with Crippen LogP contribution in [0.25, 0.3) is 0 Å². The molecular formula is C12H19N7O. The van der Waals surface area contributed by atoms with E-state index in [9.17, 15) is 0 Å². The second-order valence-electron chi connectivity index (χ2n) is 4.18. The van der Waals surface area contributed by atoms with E-state index < -0.39 is 0 Å². The average molecular weight is 277 g/mol. The fourth-order valence-corrected chi connectivity index (χ4v) is 1.84. The highest BCUT2D eigenvalue weighted by Gasteiger charge is 2.10. The predicted molar refractivity (Wildman–Crippen MR) is 76.3 cm³/mol. The summed E-state index contributed by atoms with van der Waals surface area (Å²) in [5.74, 6) is 6.99. The van der Waals surface area contributed by atoms with Gasteiger partial charge in [0.25, 0.3) is 0 Å². The number of hydrogen-bond donors (Lipinski definition) is 3. The summed E-state index contributed by atoms with van der Waals surface area (Å²) in [6.07, 6.45) is 9.06. The van der Waals surface area contributed by atoms with Crippen LogP contribution in [0.5, 0.6) is 5.75 Å². The lowest BCUT2D eigenvalue weighted by Gasteiger charge is -2.12. The quantitative estimate of drug-likeness (QED) is 0.373. The second kappa shape index (κ2) is 7.29. The Bertz CT molecular complexity index is 515. The maximum absolute atomic E-state index is 5.37. The maximum atomic E-state index is 5.37. The van der Waals surface area contributed by atoms with Gasteiger partial charge in [-0.3, -0.25) is 0 Å². The Morgan fingerprint density at radius 2 is 2.15 bits per heavy atom. The molecule has 2 heterocycles. The van der Waals surface area contributed by atoms with Gasteiger partial charge in [0.1, 0.15) is 6.33 Å². The van der Waals surface area contributed by atoms with Gasteiger partial charge < -0.3 is 20.0 Å². The molecule has 0 aliphatic carbocycles. The standard InChI is InChI=1S/C12H19N7O/c1-20-10-11(16-8-17-12(10)18-13)15-4-2-3-6-19-7-5-14-9-19/h5,7-9H,2-4,6,13H2,1H3,(H2,15,16,17,18). The zero-order chi connectivity index (χ0) is 14.2. The summed E-state index contributed by atoms with van der Waals surface area (Å²) in [5, 5.41) is 3.22. The highest BCUT2D eigenvalue weighted by atomic mass is 16.5. The maximum Gasteiger partial charge on any atom is 0.205 e. The molecule has 0 atom stereocenters. The number of ether oxygens (including phenoxy) is 1. The van der Waals surface area contributed by atoms with Crippen LogP contribution in [0.2, 0.25) is 0 Å². The SMILES string of the molecule is COc1c(NN)ncnc1NCCCCn1ccnc1. The molecule has 8 heteroatoms. The van der Waals surface area contributed by atoms with Gasteiger partial charge in [0, 0.05) is 25.5 Å². The molecule has 0 fully saturated rings. The van der Waals surface area contributed by atoms with Gasteiger partial charge >= 0.3 is 0 Å². The van der Waals surface area contributed by atoms with E-state index in [4.69, 9.17) is 10.6 Å². The lowest BCUT2D eigenvalue weighted by molar-refractivity contribution is 0.414. The molecule has 2 aromatic heterocycles. The fourth-order valence-electron chi connectivity index (χ4n) is 1.84. The number of hydrazine groups is 1. The highest BCUT2D eigenvalue weighted by molar-refractivity contribution is 5.62. The van der Waals surface area contributed by atoms with E-state index in [0.717, 1.165) is 25.9 Å². The molecule has 20 heavy (non-hydrogen) atoms. The molecule has 8 nitrogen and oxygen atoms in total. The Morgan fingerprint density at radius 3 is 2.85 bits per heavy atom. The molecule has 0 unspecified atom stereocenters. The summed E-state index contributed by atoms with van der Waals surface area (Å²) in [5.41, 5.74) is 2.48. The molecule has 0 radical (unpaired) electrons. The number of nitrogens with two attached hydrogens (primary N) is 1. The molecule has 4 N–H and O–H groups in total. The van der Waals surface area contributed by atoms with Crippen LogP contribution in [0.15, 0.2) is 25.0 Å². The third kappa shape index (κ3) is 3.58. The molecule has 0 spiro atoms. The number of anilines is 2. The van der Waals surface area contributed by atoms with Crippen molar-refractivity contribution in [2.24, 2.45) is 5.84 Å². The van der Waals surface area contributed by atoms with Crippen molar-refractivity contribution in [1.29, 1.82) is 0 Å². The van der Waals surface area contributed by atoms with Crippen LogP contribution in [0.3, 0.4) is 0 Å². The molecule has 0 amide bonds. The van der Waals surface area contributed by atoms with Gasteiger partial charge in [0.15, 0.2) is 11.6 Å². The predicted octanol–water partition coefficient (Wildman–Crippen LogP) is 0.860. The summed E-state index contributed by atoms with van der Waals surface area (Å²) >= 11 is 0. The van der Waals surface area contributed by atoms with Gasteiger partial charge in [-0.25, -0.2) is 20.8 Å². The lowest BCUT2D eigenvalue weighted by Crippen LogP contribution is -2.13. The minimum Gasteiger partial charge on any atom is -0.490 e. The first-order valence-electron chi connectivity index (χ1n) is 6.40. The first-order chi connectivity index (χ1) is 9.85. The molecule has 0 saturated heterocycles. The Balaban J connectivity index is 1.79. The van der Waals surface area contributed by atoms with Gasteiger partial charge in [-0.2, -0.15) is 0 Å². The van der Waals surface area contributed by atoms with Crippen LogP contribution in [0.1, 0.15) is 12.8 Å². The molecule has 0 aliphatic rings. The van der Waals surface area contributed by atoms with Crippen molar-refractivity contribution < 1.29 is 4.74 Å². The minimum absolute atomic E-state index is 0.461. The number of nitrogen functional groups attached to an aromatic ring is 1. The monoisotopic (exact) mass is 277 g/mol. The van der Waals surface area contributed by atoms with E-state index in [0.29, 0.717) is 17.4 Å². The molecule has 0 saturated carbocycles. The number of methoxy groups -OCH3 is 1. The summed E-state index contributed by atoms with van der Waals surface area (Å²) in [6.45, 7) is 1.75. The normalized spacial score (nSPS) is 10.3. The largest absolute Gasteiger partial charge is 0.490 e. The van der Waals surface area contributed by atoms with E-state index in [-0.39, 0.29) is 0 Å². The number of hydrogen-bond acceptors (Lipinski definition) is 7. The Labute approximate surface area is 117 Å². The van der Waals surface area contributed by atoms with Crippen molar-refractivity contribution in [1.82, 2.24) is 19.5 Å². The third-order valence-electron chi connectivity index (χ3n) is 2.84. The van der Waals surface area contributed by atoms with Crippen LogP contribution in [0.4, 0.5) is 11.6 Å². The zero-order valence-electron chi connectivity index (χ0n) is 11.4. The van der Waals surface area contributed by atoms with Crippen LogP contribution in [-0.4, -0.2) is 33.2 Å². The van der Waals surface area contributed by atoms with Crippen LogP contribution in [-0.2, 0) is 6.54 Å². The van der Waals surface area contributed by atoms with E-state index in [1.165, 1.54) is 6.33 Å². The number of rotatable bonds is 8. The number of aryl methyl sites for hydroxylation is 1. The Kier molecular flexibility index (Phi) is 5.13. The van der Waals surface area contributed by atoms with E-state index in [1.807, 2.05) is 12.5 Å². The molecule has 0 aliphatic heterocycles. The second-order valence-corrected chi connectivity index (χ2v) is 4.18. The number of nitrogens with zero attached hydrogens (tertiary/aromatic N) is 4. The van der Waals surface area contributed by atoms with Crippen molar-refractivity contribution in [3.8, 4) is 5.75 Å². The van der Waals surface area contributed by atoms with E-state index in [1.54, 1.807) is 13.3 Å². The Hall–Kier alpha value is -2.35. The van der Waals surface area contributed by atoms with Crippen LogP contribution < -0.4 is 21.3 Å². The van der Waals surface area contributed by atoms with Gasteiger partial charge in [0.05, 0.1) is 13.4 Å². The molecule has 2 rings (SSSR count). The van der Waals surface area contributed by atoms with Gasteiger partial charge in [-0.05, 0) is 12.8 Å². The summed E-state index contributed by atoms with van der Waals surface area (Å²) in [7, 11) is 1.56. The van der Waals surface area contributed by atoms with Crippen molar-refractivity contribution in [2.45, 2.75) is 19.4 Å². The number of imidazole rings is 1. The number of aromatic nitrogens is 4. The van der Waals surface area contributed by atoms with Gasteiger partial charge in [0.2, 0.25) is 5.75 Å². The summed E-state index contributed by atoms with van der Waals surface area (Å²) in [6, 6.07) is 0. The van der Waals surface area contributed by atoms with Crippen molar-refractivity contribution >= 4 is 11.6 Å². The number of unbranched alkanes of at least 4 members (excludes halogenated alkanes) is 1. The lowest BCUT2D eigenvalue weighted by atomic mass is 10.3. The van der Waals surface area contributed by atoms with Crippen LogP contribution in [0, 0.1) is 0 Å². The first-order valence-corrected chi connectivity index (χ1v) is 6.40. The smallest absolute Gasteiger partial charge is 0.205 e. The fraction of sp³-hybridized carbons (Fsp3) is 0.417. The summed E-state index contributed by atoms with van der Waals surface area (Å²) < 4.78 is 7.30. The topological polar surface area (TPSA) is 103 Å². The molecule has 108 valence electrons. The Morgan fingerprint density at radius 1 is 1.30 bits per heavy atom. The first kappa shape index (κ1) is 14.1. The summed E-state index contributed by atoms with van der Waals surface area (Å²) in [4.78, 5) is 12.1. The molecule has 0 aromatic carbocycles. The molecular weight excluding hydrogens is 258 g/mol. The molecule has 0 bridgehead atoms. The third-order valence-corrected chi connectivity index (χ3v) is 2.84. The van der Waals surface area contributed by atoms with Crippen LogP contribution >= 0.6 is 0 Å². The van der Waals surface area contributed by atoms with E-state index >= 15 is 0 Å². The highest BCUT2D eigenvalue weighted by Crippen LogP contribution is 2.27. The van der Waals surface area contributed by atoms with Crippen molar-refractivity contribution in [2.75, 3.05) is 24.4 Å². The van der Waals surface area contributed by atoms with Crippen molar-refractivity contribution in [3.63, 3.8) is 0 Å². The average Bonchev–Trinajstić information content (AvgIpc) is 2.99. The van der Waals surface area contributed by atoms with E-state index in [2.05, 4.69) is 30.3 Å². The number of nitrogens with one attached hydrogen (secondary N) is 2. The minimum atomic E-state index is 0.461. The van der Waals surface area contributed by atoms with Crippen molar-refractivity contribution in [3.05, 3.63) is 25.0 Å². The van der Waals surface area contributed by atoms with Gasteiger partial charge in [-0.1, -0.05) is 0 Å².